The molecule has 0 unspecified atom stereocenters. The second kappa shape index (κ2) is 15.7. The minimum Gasteiger partial charge on any atom is -0.494 e. The quantitative estimate of drug-likeness (QED) is 0.131. The van der Waals surface area contributed by atoms with Gasteiger partial charge in [-0.05, 0) is 90.9 Å². The zero-order valence-electron chi connectivity index (χ0n) is 27.9. The fourth-order valence-corrected chi connectivity index (χ4v) is 6.41. The number of ether oxygens (including phenoxy) is 4. The summed E-state index contributed by atoms with van der Waals surface area (Å²) in [5.74, 6) is 3.42. The summed E-state index contributed by atoms with van der Waals surface area (Å²) in [6, 6.07) is 34.2. The Bertz CT molecular complexity index is 1680. The standard InChI is InChI=1S/C41H46N2O4/c1-4-7-24-43-38(34-13-9-8-10-14-34)22-21-37(33-17-19-35(20-18-33)44-5-2)39(43)29-42(27-31-12-11-15-36(25-31)45-6-3)28-32-16-23-40-41(26-32)47-30-46-40/h8-20,22-23,25-26H,4-7,21,24,27-30H2,1-3H3. The molecule has 0 aliphatic carbocycles. The topological polar surface area (TPSA) is 43.4 Å². The van der Waals surface area contributed by atoms with Crippen molar-refractivity contribution >= 4 is 11.3 Å². The zero-order chi connectivity index (χ0) is 32.4. The molecule has 2 aliphatic rings. The molecule has 6 heteroatoms. The number of fused-ring (bicyclic) bond motifs is 1. The molecule has 0 spiro atoms. The number of rotatable bonds is 15. The second-order valence-electron chi connectivity index (χ2n) is 12.0. The summed E-state index contributed by atoms with van der Waals surface area (Å²) in [4.78, 5) is 5.12. The third kappa shape index (κ3) is 8.01. The molecule has 0 atom stereocenters. The van der Waals surface area contributed by atoms with Crippen molar-refractivity contribution in [2.45, 2.75) is 53.1 Å². The lowest BCUT2D eigenvalue weighted by atomic mass is 9.93. The van der Waals surface area contributed by atoms with Crippen molar-refractivity contribution in [3.8, 4) is 23.0 Å². The van der Waals surface area contributed by atoms with Gasteiger partial charge in [0.2, 0.25) is 6.79 Å². The first-order chi connectivity index (χ1) is 23.1. The van der Waals surface area contributed by atoms with Crippen molar-refractivity contribution in [1.29, 1.82) is 0 Å². The highest BCUT2D eigenvalue weighted by Gasteiger charge is 2.27. The summed E-state index contributed by atoms with van der Waals surface area (Å²) in [7, 11) is 0. The van der Waals surface area contributed by atoms with Crippen LogP contribution in [-0.2, 0) is 13.1 Å². The van der Waals surface area contributed by atoms with Gasteiger partial charge in [0, 0.05) is 37.6 Å². The third-order valence-electron chi connectivity index (χ3n) is 8.62. The highest BCUT2D eigenvalue weighted by Crippen LogP contribution is 2.39. The van der Waals surface area contributed by atoms with Crippen molar-refractivity contribution in [1.82, 2.24) is 9.80 Å². The Kier molecular flexibility index (Phi) is 10.8. The average Bonchev–Trinajstić information content (AvgIpc) is 3.57. The maximum absolute atomic E-state index is 5.89. The second-order valence-corrected chi connectivity index (χ2v) is 12.0. The number of hydrogen-bond acceptors (Lipinski definition) is 6. The average molecular weight is 631 g/mol. The molecule has 0 saturated carbocycles. The molecule has 0 radical (unpaired) electrons. The van der Waals surface area contributed by atoms with Crippen molar-refractivity contribution in [3.63, 3.8) is 0 Å². The minimum atomic E-state index is 0.270. The molecule has 2 aliphatic heterocycles. The number of unbranched alkanes of at least 4 members (excludes halogenated alkanes) is 1. The van der Waals surface area contributed by atoms with Gasteiger partial charge in [0.15, 0.2) is 11.5 Å². The van der Waals surface area contributed by atoms with Crippen molar-refractivity contribution in [2.75, 3.05) is 33.1 Å². The van der Waals surface area contributed by atoms with E-state index >= 15 is 0 Å². The monoisotopic (exact) mass is 630 g/mol. The SMILES string of the molecule is CCCCN1C(c2ccccc2)=CCC(c2ccc(OCC)cc2)=C1CN(Cc1cccc(OCC)c1)Cc1ccc2c(c1)OCO2. The van der Waals surface area contributed by atoms with Crippen molar-refractivity contribution in [2.24, 2.45) is 0 Å². The van der Waals surface area contributed by atoms with Gasteiger partial charge in [0.05, 0.1) is 13.2 Å². The Morgan fingerprint density at radius 1 is 0.681 bits per heavy atom. The molecular weight excluding hydrogens is 584 g/mol. The number of benzene rings is 4. The molecule has 0 N–H and O–H groups in total. The molecule has 0 bridgehead atoms. The van der Waals surface area contributed by atoms with Crippen LogP contribution in [0.2, 0.25) is 0 Å². The Labute approximate surface area is 279 Å². The highest BCUT2D eigenvalue weighted by molar-refractivity contribution is 5.79. The lowest BCUT2D eigenvalue weighted by molar-refractivity contribution is 0.174. The van der Waals surface area contributed by atoms with Crippen molar-refractivity contribution in [3.05, 3.63) is 131 Å². The first kappa shape index (κ1) is 32.3. The van der Waals surface area contributed by atoms with Crippen LogP contribution in [0, 0.1) is 0 Å². The van der Waals surface area contributed by atoms with E-state index in [9.17, 15) is 0 Å². The van der Waals surface area contributed by atoms with Crippen LogP contribution < -0.4 is 18.9 Å². The van der Waals surface area contributed by atoms with Crippen LogP contribution in [0.3, 0.4) is 0 Å². The molecule has 0 amide bonds. The van der Waals surface area contributed by atoms with Gasteiger partial charge >= 0.3 is 0 Å². The molecule has 0 fully saturated rings. The van der Waals surface area contributed by atoms with E-state index in [1.54, 1.807) is 0 Å². The van der Waals surface area contributed by atoms with Gasteiger partial charge in [-0.15, -0.1) is 0 Å². The van der Waals surface area contributed by atoms with Gasteiger partial charge in [0.1, 0.15) is 11.5 Å². The van der Waals surface area contributed by atoms with Gasteiger partial charge in [-0.2, -0.15) is 0 Å². The Morgan fingerprint density at radius 3 is 2.19 bits per heavy atom. The third-order valence-corrected chi connectivity index (χ3v) is 8.62. The molecule has 244 valence electrons. The molecule has 0 aromatic heterocycles. The van der Waals surface area contributed by atoms with Gasteiger partial charge in [-0.25, -0.2) is 0 Å². The molecule has 6 nitrogen and oxygen atoms in total. The Morgan fingerprint density at radius 2 is 1.43 bits per heavy atom. The van der Waals surface area contributed by atoms with E-state index in [2.05, 4.69) is 108 Å². The maximum atomic E-state index is 5.89. The molecule has 2 heterocycles. The zero-order valence-corrected chi connectivity index (χ0v) is 27.9. The van der Waals surface area contributed by atoms with E-state index in [1.807, 2.05) is 26.0 Å². The molecule has 4 aromatic rings. The number of hydrogen-bond donors (Lipinski definition) is 0. The molecule has 47 heavy (non-hydrogen) atoms. The molecule has 0 saturated heterocycles. The Balaban J connectivity index is 1.42. The van der Waals surface area contributed by atoms with Crippen LogP contribution in [0.1, 0.15) is 62.3 Å². The van der Waals surface area contributed by atoms with E-state index in [-0.39, 0.29) is 6.79 Å². The van der Waals surface area contributed by atoms with E-state index in [0.717, 1.165) is 68.4 Å². The molecule has 6 rings (SSSR count). The lowest BCUT2D eigenvalue weighted by Gasteiger charge is -2.38. The summed E-state index contributed by atoms with van der Waals surface area (Å²) in [5, 5.41) is 0. The van der Waals surface area contributed by atoms with Crippen LogP contribution in [-0.4, -0.2) is 42.9 Å². The Hall–Kier alpha value is -4.68. The number of nitrogens with zero attached hydrogens (tertiary/aromatic N) is 2. The summed E-state index contributed by atoms with van der Waals surface area (Å²) >= 11 is 0. The van der Waals surface area contributed by atoms with E-state index in [1.165, 1.54) is 39.2 Å². The van der Waals surface area contributed by atoms with E-state index in [0.29, 0.717) is 13.2 Å². The molecule has 4 aromatic carbocycles. The van der Waals surface area contributed by atoms with Crippen molar-refractivity contribution < 1.29 is 18.9 Å². The van der Waals surface area contributed by atoms with Gasteiger partial charge in [-0.1, -0.05) is 80.1 Å². The van der Waals surface area contributed by atoms with Gasteiger partial charge in [0.25, 0.3) is 0 Å². The lowest BCUT2D eigenvalue weighted by Crippen LogP contribution is -2.35. The first-order valence-corrected chi connectivity index (χ1v) is 17.0. The van der Waals surface area contributed by atoms with Crippen LogP contribution >= 0.6 is 0 Å². The largest absolute Gasteiger partial charge is 0.494 e. The van der Waals surface area contributed by atoms with Crippen LogP contribution in [0.5, 0.6) is 23.0 Å². The van der Waals surface area contributed by atoms with Crippen LogP contribution in [0.15, 0.2) is 109 Å². The summed E-state index contributed by atoms with van der Waals surface area (Å²) in [5.41, 5.74) is 8.86. The summed E-state index contributed by atoms with van der Waals surface area (Å²) in [6.45, 7) is 11.1. The summed E-state index contributed by atoms with van der Waals surface area (Å²) in [6.07, 6.45) is 5.49. The van der Waals surface area contributed by atoms with E-state index < -0.39 is 0 Å². The minimum absolute atomic E-state index is 0.270. The molecular formula is C41H46N2O4. The predicted octanol–water partition coefficient (Wildman–Crippen LogP) is 9.17. The smallest absolute Gasteiger partial charge is 0.231 e. The highest BCUT2D eigenvalue weighted by atomic mass is 16.7. The van der Waals surface area contributed by atoms with Gasteiger partial charge < -0.3 is 23.8 Å². The maximum Gasteiger partial charge on any atom is 0.231 e. The fraction of sp³-hybridized carbons (Fsp3) is 0.317. The first-order valence-electron chi connectivity index (χ1n) is 17.0. The van der Waals surface area contributed by atoms with Crippen LogP contribution in [0.4, 0.5) is 0 Å². The van der Waals surface area contributed by atoms with E-state index in [4.69, 9.17) is 18.9 Å². The summed E-state index contributed by atoms with van der Waals surface area (Å²) < 4.78 is 23.1. The number of allylic oxidation sites excluding steroid dienone is 2. The predicted molar refractivity (Wildman–Crippen MR) is 189 cm³/mol. The van der Waals surface area contributed by atoms with Gasteiger partial charge in [-0.3, -0.25) is 4.90 Å². The fourth-order valence-electron chi connectivity index (χ4n) is 6.41. The van der Waals surface area contributed by atoms with Crippen LogP contribution in [0.25, 0.3) is 11.3 Å². The normalized spacial score (nSPS) is 14.0.